The highest BCUT2D eigenvalue weighted by Gasteiger charge is 2.22. The zero-order valence-corrected chi connectivity index (χ0v) is 24.9. The van der Waals surface area contributed by atoms with Crippen molar-refractivity contribution in [1.82, 2.24) is 4.98 Å². The molecule has 0 saturated heterocycles. The molecule has 0 aliphatic carbocycles. The van der Waals surface area contributed by atoms with E-state index in [1.807, 2.05) is 0 Å². The van der Waals surface area contributed by atoms with Gasteiger partial charge in [0.15, 0.2) is 0 Å². The Kier molecular flexibility index (Phi) is 5.31. The molecule has 0 fully saturated rings. The minimum atomic E-state index is 0.897. The van der Waals surface area contributed by atoms with Crippen LogP contribution < -0.4 is 0 Å². The standard InChI is InChI=1S/C44H27NO/c1-2-12-27(13-3-1)41-31-15-4-6-17-33(31)42(34-18-7-5-16-32(34)41)36-24-23-29(44-43(36)35-19-9-11-21-40(35)46-44)28-22-25-39-37(26-28)30-14-8-10-20-38(30)45-39/h1-26,45H. The highest BCUT2D eigenvalue weighted by molar-refractivity contribution is 6.26. The molecule has 0 aliphatic rings. The van der Waals surface area contributed by atoms with Crippen LogP contribution in [-0.4, -0.2) is 4.98 Å². The summed E-state index contributed by atoms with van der Waals surface area (Å²) in [5.41, 5.74) is 11.3. The maximum atomic E-state index is 6.79. The fraction of sp³-hybridized carbons (Fsp3) is 0. The first-order valence-electron chi connectivity index (χ1n) is 15.8. The number of H-pyrrole nitrogens is 1. The van der Waals surface area contributed by atoms with Crippen LogP contribution in [0.25, 0.3) is 98.7 Å². The number of nitrogens with one attached hydrogen (secondary N) is 1. The predicted molar refractivity (Wildman–Crippen MR) is 194 cm³/mol. The summed E-state index contributed by atoms with van der Waals surface area (Å²) in [6.07, 6.45) is 0. The zero-order chi connectivity index (χ0) is 30.2. The van der Waals surface area contributed by atoms with Gasteiger partial charge in [-0.2, -0.15) is 0 Å². The molecule has 0 saturated carbocycles. The van der Waals surface area contributed by atoms with Crippen molar-refractivity contribution in [3.8, 4) is 33.4 Å². The largest absolute Gasteiger partial charge is 0.455 e. The summed E-state index contributed by atoms with van der Waals surface area (Å²) in [5, 5.41) is 9.69. The van der Waals surface area contributed by atoms with Crippen LogP contribution in [0.3, 0.4) is 0 Å². The Morgan fingerprint density at radius 3 is 1.67 bits per heavy atom. The normalized spacial score (nSPS) is 11.9. The molecule has 2 aromatic heterocycles. The van der Waals surface area contributed by atoms with E-state index in [1.54, 1.807) is 0 Å². The topological polar surface area (TPSA) is 28.9 Å². The van der Waals surface area contributed by atoms with Gasteiger partial charge in [-0.1, -0.05) is 127 Å². The van der Waals surface area contributed by atoms with E-state index >= 15 is 0 Å². The van der Waals surface area contributed by atoms with E-state index in [4.69, 9.17) is 4.42 Å². The predicted octanol–water partition coefficient (Wildman–Crippen LogP) is 12.5. The summed E-state index contributed by atoms with van der Waals surface area (Å²) < 4.78 is 6.79. The summed E-state index contributed by atoms with van der Waals surface area (Å²) in [6, 6.07) is 56.7. The van der Waals surface area contributed by atoms with E-state index in [1.165, 1.54) is 54.6 Å². The molecule has 214 valence electrons. The quantitative estimate of drug-likeness (QED) is 0.205. The van der Waals surface area contributed by atoms with Gasteiger partial charge in [0.25, 0.3) is 0 Å². The van der Waals surface area contributed by atoms with Gasteiger partial charge in [-0.3, -0.25) is 0 Å². The number of aromatic nitrogens is 1. The molecule has 0 aliphatic heterocycles. The molecule has 1 N–H and O–H groups in total. The lowest BCUT2D eigenvalue weighted by atomic mass is 9.84. The molecular weight excluding hydrogens is 558 g/mol. The van der Waals surface area contributed by atoms with Gasteiger partial charge in [-0.15, -0.1) is 0 Å². The number of aromatic amines is 1. The van der Waals surface area contributed by atoms with Crippen LogP contribution in [0.5, 0.6) is 0 Å². The van der Waals surface area contributed by atoms with E-state index in [2.05, 4.69) is 163 Å². The molecule has 0 amide bonds. The Bertz CT molecular complexity index is 2740. The van der Waals surface area contributed by atoms with Gasteiger partial charge in [-0.05, 0) is 79.7 Å². The van der Waals surface area contributed by atoms with Gasteiger partial charge in [-0.25, -0.2) is 0 Å². The van der Waals surface area contributed by atoms with Crippen molar-refractivity contribution in [2.45, 2.75) is 0 Å². The van der Waals surface area contributed by atoms with Crippen molar-refractivity contribution in [1.29, 1.82) is 0 Å². The van der Waals surface area contributed by atoms with E-state index in [0.717, 1.165) is 44.1 Å². The van der Waals surface area contributed by atoms with Crippen LogP contribution in [-0.2, 0) is 0 Å². The molecule has 0 unspecified atom stereocenters. The number of benzene rings is 8. The average molecular weight is 586 g/mol. The number of hydrogen-bond acceptors (Lipinski definition) is 1. The van der Waals surface area contributed by atoms with E-state index in [0.29, 0.717) is 0 Å². The molecule has 0 spiro atoms. The Labute approximate surface area is 265 Å². The van der Waals surface area contributed by atoms with Crippen molar-refractivity contribution < 1.29 is 4.42 Å². The highest BCUT2D eigenvalue weighted by atomic mass is 16.3. The van der Waals surface area contributed by atoms with Gasteiger partial charge in [0, 0.05) is 38.1 Å². The van der Waals surface area contributed by atoms with Crippen LogP contribution in [0.1, 0.15) is 0 Å². The Morgan fingerprint density at radius 2 is 0.935 bits per heavy atom. The molecule has 10 aromatic rings. The Morgan fingerprint density at radius 1 is 0.370 bits per heavy atom. The van der Waals surface area contributed by atoms with E-state index in [-0.39, 0.29) is 0 Å². The fourth-order valence-corrected chi connectivity index (χ4v) is 7.61. The van der Waals surface area contributed by atoms with Crippen molar-refractivity contribution in [3.63, 3.8) is 0 Å². The zero-order valence-electron chi connectivity index (χ0n) is 24.9. The molecule has 8 aromatic carbocycles. The summed E-state index contributed by atoms with van der Waals surface area (Å²) in [7, 11) is 0. The van der Waals surface area contributed by atoms with Crippen molar-refractivity contribution in [3.05, 3.63) is 158 Å². The molecule has 10 rings (SSSR count). The Hall–Kier alpha value is -6.12. The van der Waals surface area contributed by atoms with Crippen LogP contribution in [0.15, 0.2) is 162 Å². The molecule has 0 radical (unpaired) electrons. The third-order valence-electron chi connectivity index (χ3n) is 9.61. The first kappa shape index (κ1) is 25.2. The lowest BCUT2D eigenvalue weighted by molar-refractivity contribution is 0.670. The highest BCUT2D eigenvalue weighted by Crippen LogP contribution is 2.48. The monoisotopic (exact) mass is 585 g/mol. The summed E-state index contributed by atoms with van der Waals surface area (Å²) in [4.78, 5) is 3.57. The molecule has 0 bridgehead atoms. The fourth-order valence-electron chi connectivity index (χ4n) is 7.61. The van der Waals surface area contributed by atoms with Crippen molar-refractivity contribution in [2.75, 3.05) is 0 Å². The minimum absolute atomic E-state index is 0.897. The van der Waals surface area contributed by atoms with Crippen LogP contribution in [0.2, 0.25) is 0 Å². The number of hydrogen-bond donors (Lipinski definition) is 1. The van der Waals surface area contributed by atoms with Gasteiger partial charge in [0.1, 0.15) is 11.2 Å². The molecule has 2 nitrogen and oxygen atoms in total. The summed E-state index contributed by atoms with van der Waals surface area (Å²) in [5.74, 6) is 0. The number of furan rings is 1. The summed E-state index contributed by atoms with van der Waals surface area (Å²) in [6.45, 7) is 0. The first-order valence-corrected chi connectivity index (χ1v) is 15.8. The molecule has 2 heteroatoms. The number of para-hydroxylation sites is 2. The van der Waals surface area contributed by atoms with E-state index < -0.39 is 0 Å². The third kappa shape index (κ3) is 3.59. The second-order valence-electron chi connectivity index (χ2n) is 12.1. The lowest BCUT2D eigenvalue weighted by Crippen LogP contribution is -1.91. The van der Waals surface area contributed by atoms with Crippen LogP contribution in [0.4, 0.5) is 0 Å². The maximum absolute atomic E-state index is 6.79. The molecule has 2 heterocycles. The molecule has 46 heavy (non-hydrogen) atoms. The SMILES string of the molecule is c1ccc(-c2c3ccccc3c(-c3ccc(-c4ccc5[nH]c6ccccc6c5c4)c4oc5ccccc5c34)c3ccccc23)cc1. The molecule has 0 atom stereocenters. The second kappa shape index (κ2) is 9.69. The van der Waals surface area contributed by atoms with Crippen LogP contribution >= 0.6 is 0 Å². The van der Waals surface area contributed by atoms with Crippen molar-refractivity contribution >= 4 is 65.3 Å². The average Bonchev–Trinajstić information content (AvgIpc) is 3.69. The van der Waals surface area contributed by atoms with E-state index in [9.17, 15) is 0 Å². The summed E-state index contributed by atoms with van der Waals surface area (Å²) >= 11 is 0. The third-order valence-corrected chi connectivity index (χ3v) is 9.61. The number of fused-ring (bicyclic) bond motifs is 8. The first-order chi connectivity index (χ1) is 22.8. The Balaban J connectivity index is 1.32. The molecular formula is C44H27NO. The van der Waals surface area contributed by atoms with Gasteiger partial charge < -0.3 is 9.40 Å². The lowest BCUT2D eigenvalue weighted by Gasteiger charge is -2.18. The van der Waals surface area contributed by atoms with Gasteiger partial charge in [0.05, 0.1) is 0 Å². The minimum Gasteiger partial charge on any atom is -0.455 e. The van der Waals surface area contributed by atoms with Crippen LogP contribution in [0, 0.1) is 0 Å². The van der Waals surface area contributed by atoms with Gasteiger partial charge in [0.2, 0.25) is 0 Å². The van der Waals surface area contributed by atoms with Gasteiger partial charge >= 0.3 is 0 Å². The van der Waals surface area contributed by atoms with Crippen molar-refractivity contribution in [2.24, 2.45) is 0 Å². The smallest absolute Gasteiger partial charge is 0.143 e. The number of rotatable bonds is 3. The maximum Gasteiger partial charge on any atom is 0.143 e. The second-order valence-corrected chi connectivity index (χ2v) is 12.1.